The molecule has 1 aliphatic rings. The van der Waals surface area contributed by atoms with Gasteiger partial charge in [-0.2, -0.15) is 0 Å². The Bertz CT molecular complexity index is 397. The van der Waals surface area contributed by atoms with Crippen molar-refractivity contribution in [3.8, 4) is 5.75 Å². The van der Waals surface area contributed by atoms with Crippen molar-refractivity contribution in [1.82, 2.24) is 0 Å². The van der Waals surface area contributed by atoms with Crippen LogP contribution in [0, 0.1) is 0 Å². The highest BCUT2D eigenvalue weighted by Gasteiger charge is 2.47. The van der Waals surface area contributed by atoms with Gasteiger partial charge in [0.2, 0.25) is 0 Å². The third-order valence-electron chi connectivity index (χ3n) is 3.75. The highest BCUT2D eigenvalue weighted by atomic mass is 16.5. The number of ether oxygens (including phenoxy) is 2. The fourth-order valence-corrected chi connectivity index (χ4v) is 2.46. The number of rotatable bonds is 5. The van der Waals surface area contributed by atoms with E-state index in [1.807, 2.05) is 6.07 Å². The van der Waals surface area contributed by atoms with Crippen LogP contribution in [0.5, 0.6) is 5.75 Å². The zero-order valence-electron chi connectivity index (χ0n) is 10.8. The fourth-order valence-electron chi connectivity index (χ4n) is 2.46. The lowest BCUT2D eigenvalue weighted by molar-refractivity contribution is 0.184. The van der Waals surface area contributed by atoms with Crippen LogP contribution < -0.4 is 10.5 Å². The van der Waals surface area contributed by atoms with Crippen molar-refractivity contribution >= 4 is 0 Å². The Morgan fingerprint density at radius 1 is 1.29 bits per heavy atom. The van der Waals surface area contributed by atoms with Crippen molar-refractivity contribution < 1.29 is 9.47 Å². The normalized spacial score (nSPS) is 18.8. The number of hydrogen-bond donors (Lipinski definition) is 1. The summed E-state index contributed by atoms with van der Waals surface area (Å²) in [5.74, 6) is 0.890. The van der Waals surface area contributed by atoms with Gasteiger partial charge in [-0.15, -0.1) is 0 Å². The van der Waals surface area contributed by atoms with Gasteiger partial charge in [0, 0.05) is 18.6 Å². The maximum atomic E-state index is 6.11. The van der Waals surface area contributed by atoms with E-state index in [0.29, 0.717) is 6.61 Å². The van der Waals surface area contributed by atoms with Gasteiger partial charge in [-0.3, -0.25) is 0 Å². The molecule has 0 saturated heterocycles. The third kappa shape index (κ3) is 2.31. The largest absolute Gasteiger partial charge is 0.497 e. The van der Waals surface area contributed by atoms with Crippen LogP contribution in [0.25, 0.3) is 0 Å². The summed E-state index contributed by atoms with van der Waals surface area (Å²) < 4.78 is 10.5. The van der Waals surface area contributed by atoms with E-state index in [9.17, 15) is 0 Å². The molecule has 1 atom stereocenters. The summed E-state index contributed by atoms with van der Waals surface area (Å²) in [7, 11) is 3.40. The molecule has 1 fully saturated rings. The van der Waals surface area contributed by atoms with Gasteiger partial charge >= 0.3 is 0 Å². The Balaban J connectivity index is 2.36. The highest BCUT2D eigenvalue weighted by molar-refractivity contribution is 5.42. The van der Waals surface area contributed by atoms with E-state index in [2.05, 4.69) is 19.1 Å². The second kappa shape index (κ2) is 4.67. The van der Waals surface area contributed by atoms with Gasteiger partial charge in [-0.05, 0) is 43.0 Å². The molecule has 0 spiro atoms. The molecule has 94 valence electrons. The Hall–Kier alpha value is -1.06. The van der Waals surface area contributed by atoms with E-state index >= 15 is 0 Å². The maximum absolute atomic E-state index is 6.11. The SMILES string of the molecule is COCc1cc(OC)cc(C2(C(C)N)CC2)c1. The minimum atomic E-state index is 0.164. The van der Waals surface area contributed by atoms with E-state index in [1.54, 1.807) is 14.2 Å². The molecular formula is C14H21NO2. The van der Waals surface area contributed by atoms with Crippen molar-refractivity contribution in [3.63, 3.8) is 0 Å². The first-order valence-corrected chi connectivity index (χ1v) is 6.05. The Labute approximate surface area is 103 Å². The van der Waals surface area contributed by atoms with Gasteiger partial charge in [0.15, 0.2) is 0 Å². The quantitative estimate of drug-likeness (QED) is 0.851. The minimum absolute atomic E-state index is 0.164. The molecule has 0 amide bonds. The topological polar surface area (TPSA) is 44.5 Å². The standard InChI is InChI=1S/C14H21NO2/c1-10(15)14(4-5-14)12-6-11(9-16-2)7-13(8-12)17-3/h6-8,10H,4-5,9,15H2,1-3H3. The summed E-state index contributed by atoms with van der Waals surface area (Å²) in [5, 5.41) is 0. The summed E-state index contributed by atoms with van der Waals surface area (Å²) in [4.78, 5) is 0. The number of nitrogens with two attached hydrogens (primary N) is 1. The van der Waals surface area contributed by atoms with E-state index in [-0.39, 0.29) is 11.5 Å². The zero-order valence-corrected chi connectivity index (χ0v) is 10.8. The Morgan fingerprint density at radius 3 is 2.47 bits per heavy atom. The number of hydrogen-bond acceptors (Lipinski definition) is 3. The lowest BCUT2D eigenvalue weighted by Crippen LogP contribution is -2.31. The molecule has 0 bridgehead atoms. The first-order valence-electron chi connectivity index (χ1n) is 6.05. The van der Waals surface area contributed by atoms with Crippen LogP contribution in [-0.4, -0.2) is 20.3 Å². The fraction of sp³-hybridized carbons (Fsp3) is 0.571. The molecule has 3 heteroatoms. The third-order valence-corrected chi connectivity index (χ3v) is 3.75. The van der Waals surface area contributed by atoms with Crippen LogP contribution in [0.2, 0.25) is 0 Å². The highest BCUT2D eigenvalue weighted by Crippen LogP contribution is 2.51. The van der Waals surface area contributed by atoms with Crippen molar-refractivity contribution in [2.75, 3.05) is 14.2 Å². The van der Waals surface area contributed by atoms with Gasteiger partial charge in [0.25, 0.3) is 0 Å². The summed E-state index contributed by atoms with van der Waals surface area (Å²) >= 11 is 0. The molecular weight excluding hydrogens is 214 g/mol. The average Bonchev–Trinajstić information content (AvgIpc) is 3.10. The van der Waals surface area contributed by atoms with Crippen molar-refractivity contribution in [2.45, 2.75) is 37.8 Å². The van der Waals surface area contributed by atoms with E-state index in [1.165, 1.54) is 18.4 Å². The smallest absolute Gasteiger partial charge is 0.119 e. The molecule has 1 aromatic rings. The van der Waals surface area contributed by atoms with E-state index in [4.69, 9.17) is 15.2 Å². The molecule has 0 aromatic heterocycles. The van der Waals surface area contributed by atoms with Crippen LogP contribution in [0.3, 0.4) is 0 Å². The lowest BCUT2D eigenvalue weighted by atomic mass is 9.88. The zero-order chi connectivity index (χ0) is 12.5. The van der Waals surface area contributed by atoms with Gasteiger partial charge in [-0.1, -0.05) is 6.07 Å². The molecule has 3 nitrogen and oxygen atoms in total. The molecule has 0 aliphatic heterocycles. The molecule has 0 heterocycles. The van der Waals surface area contributed by atoms with Gasteiger partial charge in [0.05, 0.1) is 13.7 Å². The molecule has 0 radical (unpaired) electrons. The molecule has 1 saturated carbocycles. The summed E-state index contributed by atoms with van der Waals surface area (Å²) in [6.45, 7) is 2.70. The van der Waals surface area contributed by atoms with Gasteiger partial charge in [0.1, 0.15) is 5.75 Å². The average molecular weight is 235 g/mol. The van der Waals surface area contributed by atoms with Crippen LogP contribution in [0.15, 0.2) is 18.2 Å². The first-order chi connectivity index (χ1) is 8.12. The second-order valence-electron chi connectivity index (χ2n) is 4.95. The molecule has 1 aromatic carbocycles. The maximum Gasteiger partial charge on any atom is 0.119 e. The van der Waals surface area contributed by atoms with Crippen LogP contribution in [-0.2, 0) is 16.8 Å². The molecule has 1 unspecified atom stereocenters. The lowest BCUT2D eigenvalue weighted by Gasteiger charge is -2.21. The van der Waals surface area contributed by atoms with Crippen LogP contribution in [0.4, 0.5) is 0 Å². The van der Waals surface area contributed by atoms with Crippen molar-refractivity contribution in [2.24, 2.45) is 5.73 Å². The minimum Gasteiger partial charge on any atom is -0.497 e. The predicted molar refractivity (Wildman–Crippen MR) is 68.3 cm³/mol. The van der Waals surface area contributed by atoms with Gasteiger partial charge in [-0.25, -0.2) is 0 Å². The summed E-state index contributed by atoms with van der Waals surface area (Å²) in [6, 6.07) is 6.51. The van der Waals surface area contributed by atoms with Gasteiger partial charge < -0.3 is 15.2 Å². The molecule has 17 heavy (non-hydrogen) atoms. The first kappa shape index (κ1) is 12.4. The molecule has 2 rings (SSSR count). The van der Waals surface area contributed by atoms with Crippen LogP contribution >= 0.6 is 0 Å². The number of methoxy groups -OCH3 is 2. The molecule has 1 aliphatic carbocycles. The predicted octanol–water partition coefficient (Wildman–Crippen LogP) is 2.22. The molecule has 2 N–H and O–H groups in total. The van der Waals surface area contributed by atoms with E-state index < -0.39 is 0 Å². The second-order valence-corrected chi connectivity index (χ2v) is 4.95. The Morgan fingerprint density at radius 2 is 2.00 bits per heavy atom. The monoisotopic (exact) mass is 235 g/mol. The van der Waals surface area contributed by atoms with Crippen molar-refractivity contribution in [1.29, 1.82) is 0 Å². The van der Waals surface area contributed by atoms with Crippen LogP contribution in [0.1, 0.15) is 30.9 Å². The van der Waals surface area contributed by atoms with E-state index in [0.717, 1.165) is 11.3 Å². The summed E-state index contributed by atoms with van der Waals surface area (Å²) in [6.07, 6.45) is 2.34. The summed E-state index contributed by atoms with van der Waals surface area (Å²) in [5.41, 5.74) is 8.71. The number of benzene rings is 1. The Kier molecular flexibility index (Phi) is 3.40. The van der Waals surface area contributed by atoms with Crippen molar-refractivity contribution in [3.05, 3.63) is 29.3 Å².